The first kappa shape index (κ1) is 13.1. The summed E-state index contributed by atoms with van der Waals surface area (Å²) in [5.74, 6) is -0.701. The molecule has 98 valence electrons. The van der Waals surface area contributed by atoms with Crippen molar-refractivity contribution in [3.8, 4) is 0 Å². The molecule has 0 bridgehead atoms. The maximum atomic E-state index is 13.5. The van der Waals surface area contributed by atoms with Crippen molar-refractivity contribution in [2.75, 3.05) is 23.7 Å². The predicted octanol–water partition coefficient (Wildman–Crippen LogP) is 1.87. The van der Waals surface area contributed by atoms with Gasteiger partial charge in [0, 0.05) is 19.2 Å². The zero-order valence-corrected chi connectivity index (χ0v) is 11.6. The van der Waals surface area contributed by atoms with Crippen LogP contribution in [-0.2, 0) is 4.79 Å². The summed E-state index contributed by atoms with van der Waals surface area (Å²) in [6.45, 7) is 2.93. The van der Waals surface area contributed by atoms with E-state index < -0.39 is 5.41 Å². The van der Waals surface area contributed by atoms with Gasteiger partial charge in [-0.1, -0.05) is 0 Å². The van der Waals surface area contributed by atoms with Gasteiger partial charge in [0.25, 0.3) is 0 Å². The number of carbonyl (C=O) groups excluding carboxylic acids is 1. The van der Waals surface area contributed by atoms with E-state index in [9.17, 15) is 9.18 Å². The monoisotopic (exact) mass is 315 g/mol. The molecule has 1 saturated heterocycles. The summed E-state index contributed by atoms with van der Waals surface area (Å²) in [5.41, 5.74) is 11.8. The summed E-state index contributed by atoms with van der Waals surface area (Å²) in [7, 11) is 0. The average molecular weight is 316 g/mol. The molecule has 4 nitrogen and oxygen atoms in total. The zero-order valence-electron chi connectivity index (χ0n) is 10.0. The highest BCUT2D eigenvalue weighted by Gasteiger charge is 2.39. The Hall–Kier alpha value is -1.30. The number of benzene rings is 1. The van der Waals surface area contributed by atoms with Gasteiger partial charge in [0.15, 0.2) is 0 Å². The van der Waals surface area contributed by atoms with Crippen molar-refractivity contribution in [3.63, 3.8) is 0 Å². The lowest BCUT2D eigenvalue weighted by Gasteiger charge is -2.24. The van der Waals surface area contributed by atoms with E-state index in [4.69, 9.17) is 11.5 Å². The Kier molecular flexibility index (Phi) is 3.23. The Morgan fingerprint density at radius 3 is 2.78 bits per heavy atom. The molecule has 0 spiro atoms. The fourth-order valence-electron chi connectivity index (χ4n) is 2.19. The van der Waals surface area contributed by atoms with Crippen LogP contribution in [0.25, 0.3) is 0 Å². The van der Waals surface area contributed by atoms with Crippen molar-refractivity contribution in [1.82, 2.24) is 0 Å². The molecule has 0 aliphatic carbocycles. The maximum Gasteiger partial charge on any atom is 0.225 e. The van der Waals surface area contributed by atoms with Crippen molar-refractivity contribution in [2.45, 2.75) is 13.3 Å². The van der Waals surface area contributed by atoms with Crippen molar-refractivity contribution in [2.24, 2.45) is 11.1 Å². The molecule has 1 atom stereocenters. The second kappa shape index (κ2) is 4.42. The lowest BCUT2D eigenvalue weighted by atomic mass is 9.89. The first-order valence-electron chi connectivity index (χ1n) is 5.63. The van der Waals surface area contributed by atoms with E-state index in [1.165, 1.54) is 12.1 Å². The molecule has 1 aliphatic rings. The van der Waals surface area contributed by atoms with E-state index in [1.54, 1.807) is 0 Å². The van der Waals surface area contributed by atoms with Gasteiger partial charge in [0.2, 0.25) is 5.91 Å². The van der Waals surface area contributed by atoms with Crippen LogP contribution >= 0.6 is 15.9 Å². The number of halogens is 2. The fraction of sp³-hybridized carbons (Fsp3) is 0.417. The van der Waals surface area contributed by atoms with Crippen molar-refractivity contribution >= 4 is 33.2 Å². The normalized spacial score (nSPS) is 23.4. The molecule has 0 radical (unpaired) electrons. The van der Waals surface area contributed by atoms with Gasteiger partial charge in [-0.25, -0.2) is 4.39 Å². The number of primary amides is 1. The predicted molar refractivity (Wildman–Crippen MR) is 72.6 cm³/mol. The van der Waals surface area contributed by atoms with Crippen LogP contribution in [-0.4, -0.2) is 19.0 Å². The van der Waals surface area contributed by atoms with Crippen LogP contribution in [0.4, 0.5) is 15.8 Å². The summed E-state index contributed by atoms with van der Waals surface area (Å²) in [6.07, 6.45) is 0.652. The lowest BCUT2D eigenvalue weighted by Crippen LogP contribution is -2.37. The molecular weight excluding hydrogens is 301 g/mol. The number of nitrogens with two attached hydrogens (primary N) is 2. The lowest BCUT2D eigenvalue weighted by molar-refractivity contribution is -0.125. The minimum absolute atomic E-state index is 0.332. The third kappa shape index (κ3) is 2.16. The minimum Gasteiger partial charge on any atom is -0.397 e. The average Bonchev–Trinajstić information content (AvgIpc) is 2.68. The Morgan fingerprint density at radius 1 is 1.56 bits per heavy atom. The van der Waals surface area contributed by atoms with E-state index in [0.29, 0.717) is 35.4 Å². The van der Waals surface area contributed by atoms with Crippen LogP contribution < -0.4 is 16.4 Å². The van der Waals surface area contributed by atoms with Crippen LogP contribution in [0.15, 0.2) is 16.6 Å². The highest BCUT2D eigenvalue weighted by Crippen LogP contribution is 2.37. The number of nitrogen functional groups attached to an aromatic ring is 1. The van der Waals surface area contributed by atoms with Gasteiger partial charge in [-0.15, -0.1) is 0 Å². The molecule has 0 saturated carbocycles. The highest BCUT2D eigenvalue weighted by atomic mass is 79.9. The van der Waals surface area contributed by atoms with E-state index in [2.05, 4.69) is 15.9 Å². The maximum absolute atomic E-state index is 13.5. The first-order chi connectivity index (χ1) is 8.33. The van der Waals surface area contributed by atoms with Crippen LogP contribution in [0.1, 0.15) is 13.3 Å². The topological polar surface area (TPSA) is 72.4 Å². The third-order valence-corrected chi connectivity index (χ3v) is 4.09. The Balaban J connectivity index is 2.30. The number of amides is 1. The molecule has 1 aliphatic heterocycles. The molecule has 1 fully saturated rings. The van der Waals surface area contributed by atoms with Gasteiger partial charge in [0.1, 0.15) is 5.82 Å². The molecular formula is C12H15BrFN3O. The number of hydrogen-bond donors (Lipinski definition) is 2. The molecule has 2 rings (SSSR count). The van der Waals surface area contributed by atoms with Gasteiger partial charge in [-0.2, -0.15) is 0 Å². The second-order valence-corrected chi connectivity index (χ2v) is 5.78. The van der Waals surface area contributed by atoms with E-state index in [1.807, 2.05) is 11.8 Å². The molecule has 4 N–H and O–H groups in total. The fourth-order valence-corrected chi connectivity index (χ4v) is 2.55. The Bertz CT molecular complexity index is 508. The van der Waals surface area contributed by atoms with Gasteiger partial charge < -0.3 is 16.4 Å². The van der Waals surface area contributed by atoms with Gasteiger partial charge >= 0.3 is 0 Å². The molecule has 1 amide bonds. The summed E-state index contributed by atoms with van der Waals surface area (Å²) in [5, 5.41) is 0. The second-order valence-electron chi connectivity index (χ2n) is 4.92. The molecule has 0 aromatic heterocycles. The Morgan fingerprint density at radius 2 is 2.22 bits per heavy atom. The van der Waals surface area contributed by atoms with Crippen LogP contribution in [0.3, 0.4) is 0 Å². The quantitative estimate of drug-likeness (QED) is 0.818. The van der Waals surface area contributed by atoms with Crippen LogP contribution in [0, 0.1) is 11.2 Å². The minimum atomic E-state index is -0.573. The molecule has 1 unspecified atom stereocenters. The largest absolute Gasteiger partial charge is 0.397 e. The standard InChI is InChI=1S/C12H15BrFN3O/c1-12(11(16)18)2-3-17(6-12)10-5-8(14)7(13)4-9(10)15/h4-5H,2-3,6,15H2,1H3,(H2,16,18). The number of rotatable bonds is 2. The number of carbonyl (C=O) groups is 1. The van der Waals surface area contributed by atoms with Crippen molar-refractivity contribution < 1.29 is 9.18 Å². The number of hydrogen-bond acceptors (Lipinski definition) is 3. The number of nitrogens with zero attached hydrogens (tertiary/aromatic N) is 1. The molecule has 6 heteroatoms. The first-order valence-corrected chi connectivity index (χ1v) is 6.42. The molecule has 1 aromatic rings. The van der Waals surface area contributed by atoms with Crippen LogP contribution in [0.2, 0.25) is 0 Å². The molecule has 1 aromatic carbocycles. The SMILES string of the molecule is CC1(C(N)=O)CCN(c2cc(F)c(Br)cc2N)C1. The summed E-state index contributed by atoms with van der Waals surface area (Å²) in [6, 6.07) is 2.91. The van der Waals surface area contributed by atoms with Gasteiger partial charge in [-0.05, 0) is 35.3 Å². The van der Waals surface area contributed by atoms with E-state index in [-0.39, 0.29) is 11.7 Å². The van der Waals surface area contributed by atoms with Crippen molar-refractivity contribution in [3.05, 3.63) is 22.4 Å². The summed E-state index contributed by atoms with van der Waals surface area (Å²) >= 11 is 3.09. The third-order valence-electron chi connectivity index (χ3n) is 3.48. The Labute approximate surface area is 113 Å². The van der Waals surface area contributed by atoms with E-state index >= 15 is 0 Å². The van der Waals surface area contributed by atoms with Crippen molar-refractivity contribution in [1.29, 1.82) is 0 Å². The van der Waals surface area contributed by atoms with Crippen LogP contribution in [0.5, 0.6) is 0 Å². The summed E-state index contributed by atoms with van der Waals surface area (Å²) < 4.78 is 13.9. The van der Waals surface area contributed by atoms with Gasteiger partial charge in [0.05, 0.1) is 21.3 Å². The van der Waals surface area contributed by atoms with Gasteiger partial charge in [-0.3, -0.25) is 4.79 Å². The zero-order chi connectivity index (χ0) is 13.5. The number of anilines is 2. The molecule has 1 heterocycles. The highest BCUT2D eigenvalue weighted by molar-refractivity contribution is 9.10. The summed E-state index contributed by atoms with van der Waals surface area (Å²) in [4.78, 5) is 13.3. The van der Waals surface area contributed by atoms with E-state index in [0.717, 1.165) is 0 Å². The smallest absolute Gasteiger partial charge is 0.225 e. The molecule has 18 heavy (non-hydrogen) atoms.